The van der Waals surface area contributed by atoms with Gasteiger partial charge in [0.1, 0.15) is 0 Å². The molecule has 1 atom stereocenters. The average molecular weight is 253 g/mol. The molecular formula is C16H31NO. The number of hydrogen-bond acceptors (Lipinski definition) is 2. The van der Waals surface area contributed by atoms with Crippen molar-refractivity contribution in [3.05, 3.63) is 0 Å². The molecule has 2 N–H and O–H groups in total. The minimum atomic E-state index is -0.112. The van der Waals surface area contributed by atoms with Crippen LogP contribution in [0, 0.1) is 11.8 Å². The molecule has 0 aromatic carbocycles. The van der Waals surface area contributed by atoms with Crippen LogP contribution in [0.15, 0.2) is 0 Å². The molecule has 0 aliphatic heterocycles. The van der Waals surface area contributed by atoms with Crippen LogP contribution in [0.25, 0.3) is 0 Å². The summed E-state index contributed by atoms with van der Waals surface area (Å²) in [5.41, 5.74) is 0. The number of hydrogen-bond donors (Lipinski definition) is 2. The Bertz CT molecular complexity index is 207. The van der Waals surface area contributed by atoms with Crippen LogP contribution in [0.3, 0.4) is 0 Å². The zero-order chi connectivity index (χ0) is 12.6. The first-order valence-electron chi connectivity index (χ1n) is 8.23. The van der Waals surface area contributed by atoms with Crippen molar-refractivity contribution in [2.45, 2.75) is 76.7 Å². The van der Waals surface area contributed by atoms with Crippen LogP contribution in [-0.2, 0) is 0 Å². The van der Waals surface area contributed by atoms with Crippen LogP contribution in [0.2, 0.25) is 0 Å². The van der Waals surface area contributed by atoms with E-state index in [0.717, 1.165) is 31.3 Å². The van der Waals surface area contributed by atoms with Crippen LogP contribution >= 0.6 is 0 Å². The Balaban J connectivity index is 1.46. The van der Waals surface area contributed by atoms with Gasteiger partial charge in [-0.3, -0.25) is 0 Å². The van der Waals surface area contributed by atoms with Gasteiger partial charge >= 0.3 is 0 Å². The van der Waals surface area contributed by atoms with Gasteiger partial charge in [0.2, 0.25) is 0 Å². The highest BCUT2D eigenvalue weighted by atomic mass is 16.3. The second-order valence-electron chi connectivity index (χ2n) is 6.54. The topological polar surface area (TPSA) is 32.3 Å². The Labute approximate surface area is 113 Å². The smallest absolute Gasteiger partial charge is 0.0667 e. The van der Waals surface area contributed by atoms with E-state index in [2.05, 4.69) is 5.32 Å². The summed E-state index contributed by atoms with van der Waals surface area (Å²) in [4.78, 5) is 0. The molecule has 0 aromatic heterocycles. The molecule has 0 saturated heterocycles. The number of aliphatic hydroxyl groups excluding tert-OH is 1. The lowest BCUT2D eigenvalue weighted by molar-refractivity contribution is 0.140. The first-order valence-corrected chi connectivity index (χ1v) is 8.23. The SMILES string of the molecule is OC(CNCCC1CCCCC1)CC1CCCC1. The molecule has 0 aromatic rings. The van der Waals surface area contributed by atoms with Gasteiger partial charge in [-0.15, -0.1) is 0 Å². The summed E-state index contributed by atoms with van der Waals surface area (Å²) >= 11 is 0. The van der Waals surface area contributed by atoms with Gasteiger partial charge in [0.05, 0.1) is 6.10 Å². The number of rotatable bonds is 7. The molecule has 2 rings (SSSR count). The molecule has 2 aliphatic carbocycles. The van der Waals surface area contributed by atoms with Crippen molar-refractivity contribution < 1.29 is 5.11 Å². The maximum Gasteiger partial charge on any atom is 0.0667 e. The summed E-state index contributed by atoms with van der Waals surface area (Å²) in [7, 11) is 0. The Morgan fingerprint density at radius 3 is 2.22 bits per heavy atom. The molecule has 0 heterocycles. The molecule has 0 spiro atoms. The van der Waals surface area contributed by atoms with Crippen molar-refractivity contribution in [2.75, 3.05) is 13.1 Å². The highest BCUT2D eigenvalue weighted by Crippen LogP contribution is 2.28. The van der Waals surface area contributed by atoms with E-state index in [-0.39, 0.29) is 6.10 Å². The Morgan fingerprint density at radius 2 is 1.50 bits per heavy atom. The van der Waals surface area contributed by atoms with E-state index >= 15 is 0 Å². The molecule has 2 nitrogen and oxygen atoms in total. The normalized spacial score (nSPS) is 24.5. The molecule has 2 saturated carbocycles. The van der Waals surface area contributed by atoms with E-state index in [1.165, 1.54) is 64.2 Å². The van der Waals surface area contributed by atoms with Crippen molar-refractivity contribution in [3.63, 3.8) is 0 Å². The molecule has 18 heavy (non-hydrogen) atoms. The zero-order valence-electron chi connectivity index (χ0n) is 11.9. The van der Waals surface area contributed by atoms with Gasteiger partial charge in [-0.2, -0.15) is 0 Å². The third-order valence-electron chi connectivity index (χ3n) is 4.91. The number of nitrogens with one attached hydrogen (secondary N) is 1. The van der Waals surface area contributed by atoms with Crippen molar-refractivity contribution in [3.8, 4) is 0 Å². The van der Waals surface area contributed by atoms with E-state index in [9.17, 15) is 5.11 Å². The maximum absolute atomic E-state index is 9.98. The highest BCUT2D eigenvalue weighted by Gasteiger charge is 2.18. The van der Waals surface area contributed by atoms with Crippen LogP contribution in [-0.4, -0.2) is 24.3 Å². The Hall–Kier alpha value is -0.0800. The minimum Gasteiger partial charge on any atom is -0.392 e. The van der Waals surface area contributed by atoms with E-state index < -0.39 is 0 Å². The van der Waals surface area contributed by atoms with Crippen molar-refractivity contribution in [2.24, 2.45) is 11.8 Å². The third-order valence-corrected chi connectivity index (χ3v) is 4.91. The molecule has 0 bridgehead atoms. The monoisotopic (exact) mass is 253 g/mol. The first kappa shape index (κ1) is 14.3. The van der Waals surface area contributed by atoms with Gasteiger partial charge in [-0.25, -0.2) is 0 Å². The highest BCUT2D eigenvalue weighted by molar-refractivity contribution is 4.73. The van der Waals surface area contributed by atoms with Gasteiger partial charge in [0.25, 0.3) is 0 Å². The lowest BCUT2D eigenvalue weighted by atomic mass is 9.87. The van der Waals surface area contributed by atoms with Gasteiger partial charge < -0.3 is 10.4 Å². The standard InChI is InChI=1S/C16H31NO/c18-16(12-15-8-4-5-9-15)13-17-11-10-14-6-2-1-3-7-14/h14-18H,1-13H2. The van der Waals surface area contributed by atoms with Gasteiger partial charge in [0.15, 0.2) is 0 Å². The lowest BCUT2D eigenvalue weighted by Gasteiger charge is -2.22. The van der Waals surface area contributed by atoms with E-state index in [0.29, 0.717) is 0 Å². The van der Waals surface area contributed by atoms with Crippen LogP contribution in [0.1, 0.15) is 70.6 Å². The second-order valence-corrected chi connectivity index (χ2v) is 6.54. The fourth-order valence-electron chi connectivity index (χ4n) is 3.76. The zero-order valence-corrected chi connectivity index (χ0v) is 11.9. The fraction of sp³-hybridized carbons (Fsp3) is 1.00. The minimum absolute atomic E-state index is 0.112. The molecule has 2 fully saturated rings. The second kappa shape index (κ2) is 8.16. The van der Waals surface area contributed by atoms with E-state index in [4.69, 9.17) is 0 Å². The fourth-order valence-corrected chi connectivity index (χ4v) is 3.76. The molecule has 0 radical (unpaired) electrons. The largest absolute Gasteiger partial charge is 0.392 e. The summed E-state index contributed by atoms with van der Waals surface area (Å²) in [5, 5.41) is 13.4. The van der Waals surface area contributed by atoms with Crippen LogP contribution in [0.5, 0.6) is 0 Å². The van der Waals surface area contributed by atoms with Gasteiger partial charge in [-0.05, 0) is 31.2 Å². The molecule has 1 unspecified atom stereocenters. The molecule has 106 valence electrons. The van der Waals surface area contributed by atoms with Crippen LogP contribution in [0.4, 0.5) is 0 Å². The first-order chi connectivity index (χ1) is 8.84. The molecule has 2 heteroatoms. The van der Waals surface area contributed by atoms with Gasteiger partial charge in [-0.1, -0.05) is 57.8 Å². The third kappa shape index (κ3) is 5.27. The van der Waals surface area contributed by atoms with E-state index in [1.54, 1.807) is 0 Å². The van der Waals surface area contributed by atoms with Crippen molar-refractivity contribution in [1.29, 1.82) is 0 Å². The molecular weight excluding hydrogens is 222 g/mol. The summed E-state index contributed by atoms with van der Waals surface area (Å²) in [6.07, 6.45) is 14.9. The summed E-state index contributed by atoms with van der Waals surface area (Å²) in [5.74, 6) is 1.76. The lowest BCUT2D eigenvalue weighted by Crippen LogP contribution is -2.30. The Kier molecular flexibility index (Phi) is 6.50. The summed E-state index contributed by atoms with van der Waals surface area (Å²) in [6, 6.07) is 0. The Morgan fingerprint density at radius 1 is 0.889 bits per heavy atom. The quantitative estimate of drug-likeness (QED) is 0.681. The number of aliphatic hydroxyl groups is 1. The van der Waals surface area contributed by atoms with Crippen molar-refractivity contribution in [1.82, 2.24) is 5.32 Å². The summed E-state index contributed by atoms with van der Waals surface area (Å²) < 4.78 is 0. The van der Waals surface area contributed by atoms with Gasteiger partial charge in [0, 0.05) is 6.54 Å². The van der Waals surface area contributed by atoms with E-state index in [1.807, 2.05) is 0 Å². The predicted molar refractivity (Wildman–Crippen MR) is 76.6 cm³/mol. The predicted octanol–water partition coefficient (Wildman–Crippen LogP) is 3.49. The van der Waals surface area contributed by atoms with Crippen LogP contribution < -0.4 is 5.32 Å². The maximum atomic E-state index is 9.98. The summed E-state index contributed by atoms with van der Waals surface area (Å²) in [6.45, 7) is 1.91. The molecule has 0 amide bonds. The average Bonchev–Trinajstić information content (AvgIpc) is 2.89. The van der Waals surface area contributed by atoms with Crippen molar-refractivity contribution >= 4 is 0 Å². The molecule has 2 aliphatic rings.